The largest absolute Gasteiger partial charge is 0.388 e. The molecular weight excluding hydrogens is 356 g/mol. The number of carbonyl (C=O) groups is 2. The topological polar surface area (TPSA) is 98.9 Å². The summed E-state index contributed by atoms with van der Waals surface area (Å²) in [5.74, 6) is -0.405. The van der Waals surface area contributed by atoms with Crippen molar-refractivity contribution in [3.05, 3.63) is 29.8 Å². The summed E-state index contributed by atoms with van der Waals surface area (Å²) >= 11 is 0. The standard InChI is InChI=1S/C21H28N4O3/c22-13-20(28)7-10-24(11-8-20)18(26)16-12-14-4-3-9-25(14)21(16)15-5-1-2-6-17(15)23-19(21)27/h1-2,5-6,14,16,28H,3-4,7-13,22H2,(H,23,27)/t14-,16-,21+/m1/s1. The summed E-state index contributed by atoms with van der Waals surface area (Å²) in [6.45, 7) is 2.05. The van der Waals surface area contributed by atoms with Crippen molar-refractivity contribution in [2.24, 2.45) is 11.7 Å². The van der Waals surface area contributed by atoms with E-state index in [2.05, 4.69) is 10.2 Å². The van der Waals surface area contributed by atoms with E-state index in [4.69, 9.17) is 5.73 Å². The first-order valence-electron chi connectivity index (χ1n) is 10.4. The van der Waals surface area contributed by atoms with Crippen LogP contribution in [0.5, 0.6) is 0 Å². The van der Waals surface area contributed by atoms with Gasteiger partial charge in [0.2, 0.25) is 11.8 Å². The van der Waals surface area contributed by atoms with Gasteiger partial charge in [-0.3, -0.25) is 14.5 Å². The molecule has 0 bridgehead atoms. The van der Waals surface area contributed by atoms with Crippen LogP contribution >= 0.6 is 0 Å². The van der Waals surface area contributed by atoms with Crippen LogP contribution in [0.3, 0.4) is 0 Å². The van der Waals surface area contributed by atoms with Crippen molar-refractivity contribution >= 4 is 17.5 Å². The Labute approximate surface area is 164 Å². The summed E-state index contributed by atoms with van der Waals surface area (Å²) in [6.07, 6.45) is 3.80. The van der Waals surface area contributed by atoms with Gasteiger partial charge in [-0.15, -0.1) is 0 Å². The van der Waals surface area contributed by atoms with E-state index in [1.54, 1.807) is 0 Å². The first kappa shape index (κ1) is 18.1. The number of hydrogen-bond donors (Lipinski definition) is 3. The van der Waals surface area contributed by atoms with Crippen LogP contribution in [0.4, 0.5) is 5.69 Å². The molecule has 7 heteroatoms. The van der Waals surface area contributed by atoms with Crippen LogP contribution in [0.15, 0.2) is 24.3 Å². The Morgan fingerprint density at radius 1 is 1.25 bits per heavy atom. The molecule has 2 amide bonds. The predicted molar refractivity (Wildman–Crippen MR) is 104 cm³/mol. The van der Waals surface area contributed by atoms with Gasteiger partial charge in [0.1, 0.15) is 5.54 Å². The molecule has 1 aromatic carbocycles. The highest BCUT2D eigenvalue weighted by atomic mass is 16.3. The zero-order valence-electron chi connectivity index (χ0n) is 16.1. The molecule has 0 aromatic heterocycles. The fourth-order valence-electron chi connectivity index (χ4n) is 5.93. The quantitative estimate of drug-likeness (QED) is 0.695. The molecule has 0 aliphatic carbocycles. The van der Waals surface area contributed by atoms with E-state index in [1.165, 1.54) is 0 Å². The lowest BCUT2D eigenvalue weighted by molar-refractivity contribution is -0.147. The number of anilines is 1. The number of nitrogens with zero attached hydrogens (tertiary/aromatic N) is 2. The molecule has 1 spiro atoms. The van der Waals surface area contributed by atoms with Crippen molar-refractivity contribution in [3.8, 4) is 0 Å². The van der Waals surface area contributed by atoms with Gasteiger partial charge < -0.3 is 21.1 Å². The van der Waals surface area contributed by atoms with Gasteiger partial charge in [0.05, 0.1) is 11.5 Å². The van der Waals surface area contributed by atoms with Crippen LogP contribution < -0.4 is 11.1 Å². The van der Waals surface area contributed by atoms with Crippen molar-refractivity contribution in [1.29, 1.82) is 0 Å². The first-order valence-corrected chi connectivity index (χ1v) is 10.4. The molecule has 5 rings (SSSR count). The number of amides is 2. The van der Waals surface area contributed by atoms with Crippen molar-refractivity contribution in [3.63, 3.8) is 0 Å². The maximum atomic E-state index is 13.7. The van der Waals surface area contributed by atoms with Crippen molar-refractivity contribution in [1.82, 2.24) is 9.80 Å². The first-order chi connectivity index (χ1) is 13.5. The zero-order chi connectivity index (χ0) is 19.5. The second-order valence-corrected chi connectivity index (χ2v) is 8.80. The molecule has 3 atom stereocenters. The van der Waals surface area contributed by atoms with Crippen LogP contribution in [0, 0.1) is 5.92 Å². The third-order valence-electron chi connectivity index (χ3n) is 7.46. The molecule has 4 aliphatic heterocycles. The monoisotopic (exact) mass is 384 g/mol. The number of para-hydroxylation sites is 1. The van der Waals surface area contributed by atoms with Gasteiger partial charge in [-0.05, 0) is 44.7 Å². The lowest BCUT2D eigenvalue weighted by atomic mass is 9.77. The molecule has 0 saturated carbocycles. The number of likely N-dealkylation sites (tertiary alicyclic amines) is 1. The van der Waals surface area contributed by atoms with Crippen molar-refractivity contribution in [2.75, 3.05) is 31.5 Å². The van der Waals surface area contributed by atoms with Gasteiger partial charge in [0.15, 0.2) is 0 Å². The van der Waals surface area contributed by atoms with E-state index in [9.17, 15) is 14.7 Å². The number of nitrogens with one attached hydrogen (secondary N) is 1. The summed E-state index contributed by atoms with van der Waals surface area (Å²) in [7, 11) is 0. The summed E-state index contributed by atoms with van der Waals surface area (Å²) in [4.78, 5) is 31.1. The van der Waals surface area contributed by atoms with E-state index in [1.807, 2.05) is 29.2 Å². The van der Waals surface area contributed by atoms with Gasteiger partial charge in [0, 0.05) is 36.9 Å². The Hall–Kier alpha value is -1.96. The van der Waals surface area contributed by atoms with Crippen molar-refractivity contribution in [2.45, 2.75) is 49.3 Å². The minimum atomic E-state index is -0.892. The summed E-state index contributed by atoms with van der Waals surface area (Å²) in [5.41, 5.74) is 5.70. The van der Waals surface area contributed by atoms with Gasteiger partial charge in [-0.1, -0.05) is 18.2 Å². The Morgan fingerprint density at radius 3 is 2.75 bits per heavy atom. The molecule has 4 aliphatic rings. The van der Waals surface area contributed by atoms with Crippen LogP contribution in [0.2, 0.25) is 0 Å². The molecule has 3 saturated heterocycles. The minimum absolute atomic E-state index is 0.0420. The molecule has 0 unspecified atom stereocenters. The molecular formula is C21H28N4O3. The highest BCUT2D eigenvalue weighted by Gasteiger charge is 2.65. The Morgan fingerprint density at radius 2 is 2.00 bits per heavy atom. The maximum absolute atomic E-state index is 13.7. The van der Waals surface area contributed by atoms with Gasteiger partial charge in [-0.2, -0.15) is 0 Å². The molecule has 4 N–H and O–H groups in total. The fourth-order valence-corrected chi connectivity index (χ4v) is 5.93. The lowest BCUT2D eigenvalue weighted by Gasteiger charge is -2.41. The third-order valence-corrected chi connectivity index (χ3v) is 7.46. The number of nitrogens with two attached hydrogens (primary N) is 1. The number of hydrogen-bond acceptors (Lipinski definition) is 5. The molecule has 150 valence electrons. The van der Waals surface area contributed by atoms with Crippen molar-refractivity contribution < 1.29 is 14.7 Å². The summed E-state index contributed by atoms with van der Waals surface area (Å²) in [6, 6.07) is 8.07. The smallest absolute Gasteiger partial charge is 0.250 e. The van der Waals surface area contributed by atoms with E-state index in [0.717, 1.165) is 37.1 Å². The van der Waals surface area contributed by atoms with E-state index in [-0.39, 0.29) is 30.3 Å². The number of piperidine rings is 1. The Kier molecular flexibility index (Phi) is 4.05. The average Bonchev–Trinajstić information content (AvgIpc) is 3.36. The van der Waals surface area contributed by atoms with Crippen LogP contribution in [0.25, 0.3) is 0 Å². The normalized spacial score (nSPS) is 33.8. The summed E-state index contributed by atoms with van der Waals surface area (Å²) in [5, 5.41) is 13.5. The number of benzene rings is 1. The molecule has 3 fully saturated rings. The average molecular weight is 384 g/mol. The minimum Gasteiger partial charge on any atom is -0.388 e. The summed E-state index contributed by atoms with van der Waals surface area (Å²) < 4.78 is 0. The van der Waals surface area contributed by atoms with E-state index in [0.29, 0.717) is 25.9 Å². The highest BCUT2D eigenvalue weighted by molar-refractivity contribution is 6.09. The third kappa shape index (κ3) is 2.33. The molecule has 4 heterocycles. The van der Waals surface area contributed by atoms with Gasteiger partial charge >= 0.3 is 0 Å². The number of aliphatic hydroxyl groups is 1. The highest BCUT2D eigenvalue weighted by Crippen LogP contribution is 2.55. The zero-order valence-corrected chi connectivity index (χ0v) is 16.1. The second kappa shape index (κ2) is 6.27. The fraction of sp³-hybridized carbons (Fsp3) is 0.619. The van der Waals surface area contributed by atoms with E-state index < -0.39 is 11.1 Å². The molecule has 7 nitrogen and oxygen atoms in total. The second-order valence-electron chi connectivity index (χ2n) is 8.80. The van der Waals surface area contributed by atoms with Crippen LogP contribution in [-0.4, -0.2) is 64.5 Å². The SMILES string of the molecule is NCC1(O)CCN(C(=O)[C@H]2C[C@H]3CCCN3[C@]23C(=O)Nc2ccccc23)CC1. The number of rotatable bonds is 2. The maximum Gasteiger partial charge on any atom is 0.250 e. The van der Waals surface area contributed by atoms with Gasteiger partial charge in [-0.25, -0.2) is 0 Å². The van der Waals surface area contributed by atoms with Crippen LogP contribution in [0.1, 0.15) is 37.7 Å². The van der Waals surface area contributed by atoms with E-state index >= 15 is 0 Å². The lowest BCUT2D eigenvalue weighted by Crippen LogP contribution is -2.57. The molecule has 1 aromatic rings. The number of fused-ring (bicyclic) bond motifs is 4. The Bertz CT molecular complexity index is 820. The molecule has 28 heavy (non-hydrogen) atoms. The predicted octanol–water partition coefficient (Wildman–Crippen LogP) is 0.631. The number of carbonyl (C=O) groups excluding carboxylic acids is 2. The molecule has 0 radical (unpaired) electrons. The van der Waals surface area contributed by atoms with Crippen LogP contribution in [-0.2, 0) is 15.1 Å². The Balaban J connectivity index is 1.51. The van der Waals surface area contributed by atoms with Gasteiger partial charge in [0.25, 0.3) is 0 Å².